The molecular weight excluding hydrogens is 422 g/mol. The lowest BCUT2D eigenvalue weighted by atomic mass is 9.99. The summed E-state index contributed by atoms with van der Waals surface area (Å²) in [5.41, 5.74) is -2.03. The second-order valence-electron chi connectivity index (χ2n) is 8.81. The van der Waals surface area contributed by atoms with Gasteiger partial charge in [-0.25, -0.2) is 8.78 Å². The van der Waals surface area contributed by atoms with Gasteiger partial charge < -0.3 is 19.7 Å². The highest BCUT2D eigenvalue weighted by Gasteiger charge is 2.60. The highest BCUT2D eigenvalue weighted by molar-refractivity contribution is 6.00. The van der Waals surface area contributed by atoms with E-state index in [9.17, 15) is 33.4 Å². The molecule has 1 aromatic heterocycles. The van der Waals surface area contributed by atoms with E-state index < -0.39 is 40.0 Å². The molecule has 0 radical (unpaired) electrons. The monoisotopic (exact) mass is 446 g/mol. The van der Waals surface area contributed by atoms with Crippen molar-refractivity contribution in [3.63, 3.8) is 0 Å². The van der Waals surface area contributed by atoms with Crippen molar-refractivity contribution in [1.29, 1.82) is 0 Å². The normalized spacial score (nSPS) is 21.9. The van der Waals surface area contributed by atoms with Gasteiger partial charge in [-0.2, -0.15) is 0 Å². The van der Waals surface area contributed by atoms with Crippen LogP contribution >= 0.6 is 0 Å². The molecule has 1 aliphatic carbocycles. The van der Waals surface area contributed by atoms with Gasteiger partial charge in [0.1, 0.15) is 11.6 Å². The van der Waals surface area contributed by atoms with Crippen LogP contribution in [0.3, 0.4) is 0 Å². The van der Waals surface area contributed by atoms with E-state index in [1.54, 1.807) is 4.90 Å². The number of hydrogen-bond acceptors (Lipinski definition) is 5. The number of benzene rings is 1. The molecule has 1 fully saturated rings. The molecule has 1 amide bonds. The van der Waals surface area contributed by atoms with Crippen LogP contribution in [0.4, 0.5) is 8.78 Å². The summed E-state index contributed by atoms with van der Waals surface area (Å²) in [6.07, 6.45) is 1.52. The molecular formula is C23H24F2N2O5. The van der Waals surface area contributed by atoms with Crippen LogP contribution in [-0.4, -0.2) is 50.6 Å². The molecule has 2 heterocycles. The van der Waals surface area contributed by atoms with Gasteiger partial charge >= 0.3 is 0 Å². The Labute approximate surface area is 182 Å². The zero-order valence-corrected chi connectivity index (χ0v) is 17.8. The maximum atomic E-state index is 13.9. The fourth-order valence-corrected chi connectivity index (χ4v) is 4.55. The molecule has 2 aromatic rings. The number of ketones is 1. The van der Waals surface area contributed by atoms with E-state index in [4.69, 9.17) is 0 Å². The third-order valence-corrected chi connectivity index (χ3v) is 6.55. The second kappa shape index (κ2) is 7.81. The molecule has 170 valence electrons. The highest BCUT2D eigenvalue weighted by atomic mass is 19.1. The van der Waals surface area contributed by atoms with Crippen LogP contribution in [0.2, 0.25) is 0 Å². The minimum atomic E-state index is -0.962. The molecule has 2 atom stereocenters. The summed E-state index contributed by atoms with van der Waals surface area (Å²) in [6, 6.07) is 2.85. The van der Waals surface area contributed by atoms with Crippen LogP contribution in [0, 0.1) is 17.6 Å². The number of hydrogen-bond donors (Lipinski definition) is 2. The van der Waals surface area contributed by atoms with Gasteiger partial charge in [0.25, 0.3) is 5.91 Å². The molecule has 2 N–H and O–H groups in total. The molecule has 2 unspecified atom stereocenters. The summed E-state index contributed by atoms with van der Waals surface area (Å²) in [7, 11) is 0. The Morgan fingerprint density at radius 2 is 2.00 bits per heavy atom. The van der Waals surface area contributed by atoms with Crippen molar-refractivity contribution in [1.82, 2.24) is 9.47 Å². The van der Waals surface area contributed by atoms with Crippen molar-refractivity contribution >= 4 is 11.7 Å². The molecule has 1 aromatic carbocycles. The molecule has 7 nitrogen and oxygen atoms in total. The number of rotatable bonds is 6. The fourth-order valence-electron chi connectivity index (χ4n) is 4.55. The van der Waals surface area contributed by atoms with Crippen LogP contribution in [0.15, 0.2) is 29.2 Å². The minimum Gasteiger partial charge on any atom is -0.503 e. The Morgan fingerprint density at radius 1 is 1.28 bits per heavy atom. The molecule has 1 spiro atoms. The van der Waals surface area contributed by atoms with E-state index in [1.165, 1.54) is 16.8 Å². The van der Waals surface area contributed by atoms with Crippen LogP contribution in [0.5, 0.6) is 5.75 Å². The predicted octanol–water partition coefficient (Wildman–Crippen LogP) is 2.22. The van der Waals surface area contributed by atoms with Gasteiger partial charge in [-0.15, -0.1) is 0 Å². The number of aliphatic hydroxyl groups excluding tert-OH is 1. The van der Waals surface area contributed by atoms with E-state index in [0.717, 1.165) is 12.1 Å². The zero-order valence-electron chi connectivity index (χ0n) is 17.8. The molecule has 1 saturated carbocycles. The number of Topliss-reactive ketones (excluding diaryl/α,β-unsaturated/α-hetero) is 1. The van der Waals surface area contributed by atoms with Gasteiger partial charge in [-0.05, 0) is 38.3 Å². The van der Waals surface area contributed by atoms with Gasteiger partial charge in [0.05, 0.1) is 11.1 Å². The van der Waals surface area contributed by atoms with Crippen LogP contribution in [-0.2, 0) is 12.0 Å². The van der Waals surface area contributed by atoms with Crippen LogP contribution < -0.4 is 5.43 Å². The van der Waals surface area contributed by atoms with Gasteiger partial charge in [-0.1, -0.05) is 6.07 Å². The Balaban J connectivity index is 1.72. The second-order valence-corrected chi connectivity index (χ2v) is 8.81. The van der Waals surface area contributed by atoms with Crippen molar-refractivity contribution < 1.29 is 28.6 Å². The minimum absolute atomic E-state index is 0.0582. The fraction of sp³-hybridized carbons (Fsp3) is 0.435. The molecule has 1 aliphatic heterocycles. The number of nitrogens with zero attached hydrogens (tertiary/aromatic N) is 2. The van der Waals surface area contributed by atoms with Gasteiger partial charge in [0.15, 0.2) is 17.2 Å². The van der Waals surface area contributed by atoms with Crippen molar-refractivity contribution in [3.8, 4) is 5.75 Å². The Bertz CT molecular complexity index is 1180. The summed E-state index contributed by atoms with van der Waals surface area (Å²) < 4.78 is 28.4. The van der Waals surface area contributed by atoms with E-state index >= 15 is 0 Å². The van der Waals surface area contributed by atoms with Gasteiger partial charge in [0.2, 0.25) is 5.43 Å². The highest BCUT2D eigenvalue weighted by Crippen LogP contribution is 2.54. The quantitative estimate of drug-likeness (QED) is 0.663. The van der Waals surface area contributed by atoms with E-state index in [2.05, 4.69) is 0 Å². The largest absolute Gasteiger partial charge is 0.503 e. The number of aliphatic hydroxyl groups is 1. The Morgan fingerprint density at radius 3 is 2.59 bits per heavy atom. The molecule has 4 rings (SSSR count). The number of pyridine rings is 1. The summed E-state index contributed by atoms with van der Waals surface area (Å²) in [5, 5.41) is 20.4. The van der Waals surface area contributed by atoms with Gasteiger partial charge in [0, 0.05) is 43.8 Å². The van der Waals surface area contributed by atoms with E-state index in [0.29, 0.717) is 13.0 Å². The summed E-state index contributed by atoms with van der Waals surface area (Å²) in [5.74, 6) is -3.65. The van der Waals surface area contributed by atoms with E-state index in [-0.39, 0.29) is 48.2 Å². The molecule has 2 aliphatic rings. The maximum absolute atomic E-state index is 13.9. The average molecular weight is 446 g/mol. The zero-order chi connectivity index (χ0) is 23.4. The SMILES string of the molecule is CC(C)N1CC2(CC2CO)n2cc(C(=O)CCc3ccc(F)cc3F)c(=O)c(O)c2C1=O. The maximum Gasteiger partial charge on any atom is 0.274 e. The van der Waals surface area contributed by atoms with Crippen molar-refractivity contribution in [2.24, 2.45) is 5.92 Å². The first-order valence-electron chi connectivity index (χ1n) is 10.5. The molecule has 0 bridgehead atoms. The van der Waals surface area contributed by atoms with Crippen molar-refractivity contribution in [2.75, 3.05) is 13.2 Å². The van der Waals surface area contributed by atoms with Crippen molar-refractivity contribution in [3.05, 3.63) is 63.1 Å². The smallest absolute Gasteiger partial charge is 0.274 e. The number of aromatic hydroxyl groups is 1. The molecule has 0 saturated heterocycles. The number of aryl methyl sites for hydroxylation is 1. The number of carbonyl (C=O) groups excluding carboxylic acids is 2. The first-order valence-corrected chi connectivity index (χ1v) is 10.5. The lowest BCUT2D eigenvalue weighted by Crippen LogP contribution is -2.52. The molecule has 9 heteroatoms. The van der Waals surface area contributed by atoms with Gasteiger partial charge in [-0.3, -0.25) is 14.4 Å². The van der Waals surface area contributed by atoms with E-state index in [1.807, 2.05) is 13.8 Å². The number of carbonyl (C=O) groups is 2. The number of fused-ring (bicyclic) bond motifs is 2. The summed E-state index contributed by atoms with van der Waals surface area (Å²) in [4.78, 5) is 40.1. The predicted molar refractivity (Wildman–Crippen MR) is 111 cm³/mol. The average Bonchev–Trinajstić information content (AvgIpc) is 3.45. The first kappa shape index (κ1) is 22.1. The van der Waals surface area contributed by atoms with Crippen LogP contribution in [0.25, 0.3) is 0 Å². The Hall–Kier alpha value is -3.07. The summed E-state index contributed by atoms with van der Waals surface area (Å²) >= 11 is 0. The number of amides is 1. The topological polar surface area (TPSA) is 99.8 Å². The number of aromatic nitrogens is 1. The van der Waals surface area contributed by atoms with Crippen molar-refractivity contribution in [2.45, 2.75) is 44.7 Å². The first-order chi connectivity index (χ1) is 15.1. The lowest BCUT2D eigenvalue weighted by molar-refractivity contribution is 0.0551. The Kier molecular flexibility index (Phi) is 5.40. The standard InChI is InChI=1S/C23H24F2N2O5/c1-12(2)26-11-23(8-14(23)10-28)27-9-16(20(30)21(31)19(27)22(26)32)18(29)6-4-13-3-5-15(24)7-17(13)25/h3,5,7,9,12,14,28,31H,4,6,8,10-11H2,1-2H3. The molecule has 32 heavy (non-hydrogen) atoms. The van der Waals surface area contributed by atoms with Crippen LogP contribution in [0.1, 0.15) is 53.1 Å². The third kappa shape index (κ3) is 3.40. The number of halogens is 2. The summed E-state index contributed by atoms with van der Waals surface area (Å²) in [6.45, 7) is 3.79. The lowest BCUT2D eigenvalue weighted by Gasteiger charge is -2.39. The third-order valence-electron chi connectivity index (χ3n) is 6.55.